The van der Waals surface area contributed by atoms with Crippen LogP contribution in [0.1, 0.15) is 66.1 Å². The summed E-state index contributed by atoms with van der Waals surface area (Å²) in [6, 6.07) is 14.2. The molecule has 3 aromatic heterocycles. The van der Waals surface area contributed by atoms with Gasteiger partial charge in [0.15, 0.2) is 0 Å². The van der Waals surface area contributed by atoms with Crippen LogP contribution >= 0.6 is 0 Å². The van der Waals surface area contributed by atoms with Gasteiger partial charge in [0.1, 0.15) is 5.69 Å². The molecule has 7 nitrogen and oxygen atoms in total. The van der Waals surface area contributed by atoms with E-state index in [2.05, 4.69) is 38.1 Å². The monoisotopic (exact) mass is 517 g/mol. The molecule has 0 amide bonds. The minimum absolute atomic E-state index is 0.341. The fourth-order valence-corrected chi connectivity index (χ4v) is 6.67. The number of fused-ring (bicyclic) bond motifs is 7. The standard InChI is InChI=1S/C32H31N5O2/c1-19-29(35-16-15-33-19)26-13-10-22-25(36-26)12-11-24-30(22)34-14-5-17-37-27-18-21(32(38)39)8-9-23(27)28(31(24)37)20-6-3-2-4-7-20/h8-13,15-16,18,20,34H,2-7,14,17H2,1H3,(H,38,39). The van der Waals surface area contributed by atoms with E-state index in [1.165, 1.54) is 54.3 Å². The molecule has 0 unspecified atom stereocenters. The smallest absolute Gasteiger partial charge is 0.335 e. The first kappa shape index (κ1) is 23.8. The van der Waals surface area contributed by atoms with Crippen LogP contribution in [0.2, 0.25) is 0 Å². The minimum Gasteiger partial charge on any atom is -0.478 e. The Labute approximate surface area is 226 Å². The van der Waals surface area contributed by atoms with Gasteiger partial charge < -0.3 is 15.0 Å². The van der Waals surface area contributed by atoms with Crippen LogP contribution in [0.3, 0.4) is 0 Å². The van der Waals surface area contributed by atoms with Crippen molar-refractivity contribution < 1.29 is 9.90 Å². The highest BCUT2D eigenvalue weighted by Gasteiger charge is 2.29. The summed E-state index contributed by atoms with van der Waals surface area (Å²) in [5.41, 5.74) is 9.64. The molecule has 0 saturated heterocycles. The van der Waals surface area contributed by atoms with E-state index in [9.17, 15) is 9.90 Å². The fraction of sp³-hybridized carbons (Fsp3) is 0.312. The maximum atomic E-state index is 11.9. The molecule has 1 saturated carbocycles. The largest absolute Gasteiger partial charge is 0.478 e. The highest BCUT2D eigenvalue weighted by molar-refractivity contribution is 6.05. The zero-order valence-electron chi connectivity index (χ0n) is 22.1. The van der Waals surface area contributed by atoms with Crippen molar-refractivity contribution in [3.05, 3.63) is 71.7 Å². The Balaban J connectivity index is 1.48. The van der Waals surface area contributed by atoms with Crippen molar-refractivity contribution >= 4 is 33.5 Å². The Morgan fingerprint density at radius 3 is 2.62 bits per heavy atom. The average Bonchev–Trinajstić information content (AvgIpc) is 3.26. The molecule has 1 fully saturated rings. The first-order valence-electron chi connectivity index (χ1n) is 14.0. The van der Waals surface area contributed by atoms with Gasteiger partial charge in [-0.2, -0.15) is 0 Å². The maximum Gasteiger partial charge on any atom is 0.335 e. The number of carbonyl (C=O) groups is 1. The molecule has 1 aliphatic carbocycles. The number of hydrogen-bond acceptors (Lipinski definition) is 5. The molecule has 2 aromatic carbocycles. The summed E-state index contributed by atoms with van der Waals surface area (Å²) in [6.07, 6.45) is 10.5. The molecule has 5 aromatic rings. The Bertz CT molecular complexity index is 1750. The molecular formula is C32H31N5O2. The number of aryl methyl sites for hydroxylation is 2. The summed E-state index contributed by atoms with van der Waals surface area (Å²) >= 11 is 0. The van der Waals surface area contributed by atoms with E-state index in [0.29, 0.717) is 11.5 Å². The predicted octanol–water partition coefficient (Wildman–Crippen LogP) is 7.18. The lowest BCUT2D eigenvalue weighted by atomic mass is 9.81. The molecule has 0 spiro atoms. The number of carboxylic acid groups (broad SMARTS) is 1. The molecular weight excluding hydrogens is 486 g/mol. The SMILES string of the molecule is Cc1nccnc1-c1ccc2c3c(ccc2n1)-c1c(C2CCCCC2)c2ccc(C(=O)O)cc2n1CCCN3. The van der Waals surface area contributed by atoms with Gasteiger partial charge in [-0.1, -0.05) is 25.3 Å². The van der Waals surface area contributed by atoms with Gasteiger partial charge in [0, 0.05) is 47.3 Å². The molecule has 0 bridgehead atoms. The van der Waals surface area contributed by atoms with Gasteiger partial charge in [-0.15, -0.1) is 0 Å². The van der Waals surface area contributed by atoms with Gasteiger partial charge in [0.05, 0.1) is 33.8 Å². The second-order valence-electron chi connectivity index (χ2n) is 10.8. The minimum atomic E-state index is -0.884. The number of anilines is 1. The predicted molar refractivity (Wildman–Crippen MR) is 154 cm³/mol. The lowest BCUT2D eigenvalue weighted by Gasteiger charge is -2.26. The number of nitrogens with one attached hydrogen (secondary N) is 1. The highest BCUT2D eigenvalue weighted by Crippen LogP contribution is 2.47. The van der Waals surface area contributed by atoms with Crippen LogP contribution in [0.4, 0.5) is 5.69 Å². The van der Waals surface area contributed by atoms with E-state index in [-0.39, 0.29) is 0 Å². The third kappa shape index (κ3) is 3.95. The van der Waals surface area contributed by atoms with Crippen molar-refractivity contribution in [2.75, 3.05) is 11.9 Å². The zero-order valence-corrected chi connectivity index (χ0v) is 22.1. The first-order valence-corrected chi connectivity index (χ1v) is 14.0. The number of carboxylic acids is 1. The van der Waals surface area contributed by atoms with Crippen molar-refractivity contribution in [1.82, 2.24) is 19.5 Å². The van der Waals surface area contributed by atoms with Gasteiger partial charge in [0.25, 0.3) is 0 Å². The normalized spacial score (nSPS) is 15.8. The quantitative estimate of drug-likeness (QED) is 0.263. The first-order chi connectivity index (χ1) is 19.1. The number of benzene rings is 2. The second kappa shape index (κ2) is 9.49. The molecule has 0 atom stereocenters. The van der Waals surface area contributed by atoms with E-state index in [1.807, 2.05) is 25.1 Å². The molecule has 7 heteroatoms. The van der Waals surface area contributed by atoms with Crippen LogP contribution in [0, 0.1) is 6.92 Å². The number of rotatable bonds is 3. The molecule has 0 radical (unpaired) electrons. The topological polar surface area (TPSA) is 92.9 Å². The van der Waals surface area contributed by atoms with E-state index in [0.717, 1.165) is 58.7 Å². The summed E-state index contributed by atoms with van der Waals surface area (Å²) in [4.78, 5) is 25.8. The van der Waals surface area contributed by atoms with Gasteiger partial charge in [-0.25, -0.2) is 9.78 Å². The van der Waals surface area contributed by atoms with Gasteiger partial charge in [0.2, 0.25) is 0 Å². The van der Waals surface area contributed by atoms with Crippen molar-refractivity contribution in [2.45, 2.75) is 57.9 Å². The number of aromatic carboxylic acids is 1. The fourth-order valence-electron chi connectivity index (χ4n) is 6.67. The van der Waals surface area contributed by atoms with Gasteiger partial charge in [-0.3, -0.25) is 9.97 Å². The summed E-state index contributed by atoms with van der Waals surface area (Å²) in [7, 11) is 0. The zero-order chi connectivity index (χ0) is 26.5. The van der Waals surface area contributed by atoms with E-state index >= 15 is 0 Å². The van der Waals surface area contributed by atoms with E-state index in [1.54, 1.807) is 18.5 Å². The Kier molecular flexibility index (Phi) is 5.80. The third-order valence-corrected chi connectivity index (χ3v) is 8.47. The second-order valence-corrected chi connectivity index (χ2v) is 10.8. The Morgan fingerprint density at radius 1 is 0.974 bits per heavy atom. The Morgan fingerprint density at radius 2 is 1.79 bits per heavy atom. The summed E-state index contributed by atoms with van der Waals surface area (Å²) < 4.78 is 2.39. The molecule has 196 valence electrons. The lowest BCUT2D eigenvalue weighted by Crippen LogP contribution is -2.14. The van der Waals surface area contributed by atoms with Crippen LogP contribution in [0.25, 0.3) is 44.5 Å². The van der Waals surface area contributed by atoms with Crippen molar-refractivity contribution in [1.29, 1.82) is 0 Å². The number of hydrogen-bond donors (Lipinski definition) is 2. The number of nitrogens with zero attached hydrogens (tertiary/aromatic N) is 4. The summed E-state index contributed by atoms with van der Waals surface area (Å²) in [6.45, 7) is 3.63. The van der Waals surface area contributed by atoms with Crippen LogP contribution in [-0.2, 0) is 6.54 Å². The molecule has 2 aliphatic rings. The van der Waals surface area contributed by atoms with E-state index in [4.69, 9.17) is 4.98 Å². The van der Waals surface area contributed by atoms with Crippen molar-refractivity contribution in [3.8, 4) is 22.6 Å². The Hall–Kier alpha value is -4.26. The van der Waals surface area contributed by atoms with Crippen LogP contribution < -0.4 is 5.32 Å². The maximum absolute atomic E-state index is 11.9. The van der Waals surface area contributed by atoms with Gasteiger partial charge in [-0.05, 0) is 74.1 Å². The summed E-state index contributed by atoms with van der Waals surface area (Å²) in [5.74, 6) is -0.415. The van der Waals surface area contributed by atoms with Crippen molar-refractivity contribution in [3.63, 3.8) is 0 Å². The molecule has 1 aliphatic heterocycles. The molecule has 2 N–H and O–H groups in total. The average molecular weight is 518 g/mol. The highest BCUT2D eigenvalue weighted by atomic mass is 16.4. The molecule has 39 heavy (non-hydrogen) atoms. The summed E-state index contributed by atoms with van der Waals surface area (Å²) in [5, 5.41) is 15.8. The van der Waals surface area contributed by atoms with Crippen LogP contribution in [0.15, 0.2) is 54.9 Å². The third-order valence-electron chi connectivity index (χ3n) is 8.47. The lowest BCUT2D eigenvalue weighted by molar-refractivity contribution is 0.0697. The number of pyridine rings is 1. The number of aromatic nitrogens is 4. The van der Waals surface area contributed by atoms with Gasteiger partial charge >= 0.3 is 5.97 Å². The van der Waals surface area contributed by atoms with Crippen LogP contribution in [-0.4, -0.2) is 37.1 Å². The van der Waals surface area contributed by atoms with Crippen LogP contribution in [0.5, 0.6) is 0 Å². The van der Waals surface area contributed by atoms with Crippen molar-refractivity contribution in [2.24, 2.45) is 0 Å². The van der Waals surface area contributed by atoms with E-state index < -0.39 is 5.97 Å². The molecule has 7 rings (SSSR count). The molecule has 4 heterocycles.